The van der Waals surface area contributed by atoms with Crippen molar-refractivity contribution in [2.45, 2.75) is 10.3 Å². The Balaban J connectivity index is 0.861. The number of anilines is 2. The normalized spacial score (nSPS) is 11.0. The smallest absolute Gasteiger partial charge is 0.234 e. The van der Waals surface area contributed by atoms with Crippen molar-refractivity contribution in [3.8, 4) is 34.5 Å². The molecule has 0 fully saturated rings. The van der Waals surface area contributed by atoms with Crippen LogP contribution in [0.15, 0.2) is 120 Å². The van der Waals surface area contributed by atoms with Crippen LogP contribution >= 0.6 is 23.5 Å². The minimum atomic E-state index is -0.156. The number of amides is 2. The van der Waals surface area contributed by atoms with Gasteiger partial charge in [-0.25, -0.2) is 9.97 Å². The number of carbonyl (C=O) groups excluding carboxylic acids is 2. The van der Waals surface area contributed by atoms with Crippen LogP contribution in [0.5, 0.6) is 34.5 Å². The summed E-state index contributed by atoms with van der Waals surface area (Å²) in [6.07, 6.45) is 0. The number of methoxy groups -OCH3 is 2. The van der Waals surface area contributed by atoms with Crippen molar-refractivity contribution in [3.63, 3.8) is 0 Å². The van der Waals surface area contributed by atoms with Crippen molar-refractivity contribution in [1.29, 1.82) is 0 Å². The van der Waals surface area contributed by atoms with Crippen molar-refractivity contribution in [1.82, 2.24) is 19.9 Å². The lowest BCUT2D eigenvalue weighted by Crippen LogP contribution is -2.14. The van der Waals surface area contributed by atoms with Crippen LogP contribution in [-0.2, 0) is 9.59 Å². The van der Waals surface area contributed by atoms with Gasteiger partial charge in [0.25, 0.3) is 0 Å². The van der Waals surface area contributed by atoms with Gasteiger partial charge in [-0.2, -0.15) is 0 Å². The number of nitrogens with one attached hydrogen (secondary N) is 4. The Bertz CT molecular complexity index is 2180. The van der Waals surface area contributed by atoms with Crippen molar-refractivity contribution < 1.29 is 28.5 Å². The summed E-state index contributed by atoms with van der Waals surface area (Å²) >= 11 is 2.64. The zero-order valence-corrected chi connectivity index (χ0v) is 29.6. The maximum atomic E-state index is 12.6. The van der Waals surface area contributed by atoms with E-state index in [-0.39, 0.29) is 23.3 Å². The SMILES string of the molecule is COc1ccc2nc(SCC(=O)Nc3ccc(Oc4cccc(Oc5ccc(NC(=O)CSc6nc7ccc(OC)cc7[nH]6)cc5)c4)cc3)[nH]c2c1. The van der Waals surface area contributed by atoms with Gasteiger partial charge in [0.15, 0.2) is 10.3 Å². The van der Waals surface area contributed by atoms with Gasteiger partial charge in [0.05, 0.1) is 47.8 Å². The number of nitrogens with zero attached hydrogens (tertiary/aromatic N) is 2. The average Bonchev–Trinajstić information content (AvgIpc) is 3.77. The number of carbonyl (C=O) groups is 2. The van der Waals surface area contributed by atoms with Crippen LogP contribution < -0.4 is 29.6 Å². The Morgan fingerprint density at radius 3 is 1.40 bits per heavy atom. The lowest BCUT2D eigenvalue weighted by molar-refractivity contribution is -0.114. The summed E-state index contributed by atoms with van der Waals surface area (Å²) in [6, 6.07) is 32.7. The fraction of sp³-hybridized carbons (Fsp3) is 0.105. The number of aromatic amines is 2. The van der Waals surface area contributed by atoms with E-state index in [0.717, 1.165) is 33.6 Å². The lowest BCUT2D eigenvalue weighted by atomic mass is 10.2. The van der Waals surface area contributed by atoms with Crippen molar-refractivity contribution in [3.05, 3.63) is 109 Å². The molecular formula is C38H32N6O6S2. The van der Waals surface area contributed by atoms with Crippen molar-refractivity contribution in [2.24, 2.45) is 0 Å². The minimum absolute atomic E-state index is 0.156. The predicted molar refractivity (Wildman–Crippen MR) is 203 cm³/mol. The molecule has 0 aliphatic rings. The lowest BCUT2D eigenvalue weighted by Gasteiger charge is -2.11. The number of hydrogen-bond donors (Lipinski definition) is 4. The third-order valence-corrected chi connectivity index (χ3v) is 9.31. The first-order valence-corrected chi connectivity index (χ1v) is 17.9. The number of rotatable bonds is 14. The molecule has 2 heterocycles. The number of fused-ring (bicyclic) bond motifs is 2. The first kappa shape index (κ1) is 34.3. The topological polar surface area (TPSA) is 152 Å². The van der Waals surface area contributed by atoms with Gasteiger partial charge in [0, 0.05) is 29.6 Å². The van der Waals surface area contributed by atoms with Crippen LogP contribution in [0.2, 0.25) is 0 Å². The molecule has 14 heteroatoms. The summed E-state index contributed by atoms with van der Waals surface area (Å²) in [5, 5.41) is 7.11. The zero-order valence-electron chi connectivity index (χ0n) is 28.0. The predicted octanol–water partition coefficient (Wildman–Crippen LogP) is 8.50. The second-order valence-corrected chi connectivity index (χ2v) is 13.2. The molecule has 0 bridgehead atoms. The molecule has 0 saturated heterocycles. The molecule has 0 atom stereocenters. The highest BCUT2D eigenvalue weighted by Crippen LogP contribution is 2.30. The zero-order chi connectivity index (χ0) is 35.9. The number of imidazole rings is 2. The van der Waals surface area contributed by atoms with E-state index in [4.69, 9.17) is 18.9 Å². The van der Waals surface area contributed by atoms with Gasteiger partial charge in [0.1, 0.15) is 34.5 Å². The van der Waals surface area contributed by atoms with E-state index < -0.39 is 0 Å². The van der Waals surface area contributed by atoms with E-state index in [1.165, 1.54) is 23.5 Å². The van der Waals surface area contributed by atoms with Gasteiger partial charge < -0.3 is 39.5 Å². The van der Waals surface area contributed by atoms with Gasteiger partial charge in [0.2, 0.25) is 11.8 Å². The molecule has 0 aliphatic carbocycles. The molecule has 0 spiro atoms. The number of H-pyrrole nitrogens is 2. The van der Waals surface area contributed by atoms with Crippen LogP contribution in [0.25, 0.3) is 22.1 Å². The first-order chi connectivity index (χ1) is 25.4. The molecule has 0 aliphatic heterocycles. The summed E-state index contributed by atoms with van der Waals surface area (Å²) in [7, 11) is 3.23. The monoisotopic (exact) mass is 732 g/mol. The van der Waals surface area contributed by atoms with E-state index in [0.29, 0.717) is 44.7 Å². The maximum Gasteiger partial charge on any atom is 0.234 e. The molecule has 52 heavy (non-hydrogen) atoms. The number of benzene rings is 5. The summed E-state index contributed by atoms with van der Waals surface area (Å²) in [5.41, 5.74) is 4.61. The summed E-state index contributed by atoms with van der Waals surface area (Å²) in [6.45, 7) is 0. The fourth-order valence-corrected chi connectivity index (χ4v) is 6.44. The highest BCUT2D eigenvalue weighted by atomic mass is 32.2. The Kier molecular flexibility index (Phi) is 10.5. The van der Waals surface area contributed by atoms with Gasteiger partial charge >= 0.3 is 0 Å². The molecule has 5 aromatic carbocycles. The molecule has 2 amide bonds. The third-order valence-electron chi connectivity index (χ3n) is 7.57. The summed E-state index contributed by atoms with van der Waals surface area (Å²) in [5.74, 6) is 3.91. The fourth-order valence-electron chi connectivity index (χ4n) is 5.07. The molecule has 7 rings (SSSR count). The second kappa shape index (κ2) is 15.8. The van der Waals surface area contributed by atoms with Crippen LogP contribution in [0, 0.1) is 0 Å². The number of hydrogen-bond acceptors (Lipinski definition) is 10. The van der Waals surface area contributed by atoms with Crippen molar-refractivity contribution in [2.75, 3.05) is 36.4 Å². The van der Waals surface area contributed by atoms with E-state index in [1.807, 2.05) is 54.6 Å². The average molecular weight is 733 g/mol. The minimum Gasteiger partial charge on any atom is -0.497 e. The Morgan fingerprint density at radius 2 is 0.981 bits per heavy atom. The molecule has 7 aromatic rings. The third kappa shape index (κ3) is 8.78. The number of aromatic nitrogens is 4. The van der Waals surface area contributed by atoms with Crippen molar-refractivity contribution >= 4 is 68.8 Å². The Labute approximate surface area is 306 Å². The van der Waals surface area contributed by atoms with Crippen LogP contribution in [0.4, 0.5) is 11.4 Å². The largest absolute Gasteiger partial charge is 0.497 e. The molecule has 2 aromatic heterocycles. The summed E-state index contributed by atoms with van der Waals surface area (Å²) < 4.78 is 22.6. The molecule has 0 unspecified atom stereocenters. The number of thioether (sulfide) groups is 2. The van der Waals surface area contributed by atoms with E-state index in [1.54, 1.807) is 68.8 Å². The van der Waals surface area contributed by atoms with Crippen LogP contribution in [0.1, 0.15) is 0 Å². The Hall–Kier alpha value is -6.12. The van der Waals surface area contributed by atoms with Gasteiger partial charge in [-0.15, -0.1) is 0 Å². The molecule has 4 N–H and O–H groups in total. The highest BCUT2D eigenvalue weighted by Gasteiger charge is 2.11. The van der Waals surface area contributed by atoms with Crippen LogP contribution in [0.3, 0.4) is 0 Å². The molecule has 0 saturated carbocycles. The van der Waals surface area contributed by atoms with Gasteiger partial charge in [-0.05, 0) is 84.9 Å². The number of ether oxygens (including phenoxy) is 4. The van der Waals surface area contributed by atoms with E-state index in [9.17, 15) is 9.59 Å². The Morgan fingerprint density at radius 1 is 0.558 bits per heavy atom. The highest BCUT2D eigenvalue weighted by molar-refractivity contribution is 8.00. The van der Waals surface area contributed by atoms with E-state index >= 15 is 0 Å². The first-order valence-electron chi connectivity index (χ1n) is 16.0. The van der Waals surface area contributed by atoms with E-state index in [2.05, 4.69) is 30.6 Å². The summed E-state index contributed by atoms with van der Waals surface area (Å²) in [4.78, 5) is 40.6. The quantitative estimate of drug-likeness (QED) is 0.0801. The molecular weight excluding hydrogens is 701 g/mol. The van der Waals surface area contributed by atoms with Crippen LogP contribution in [-0.4, -0.2) is 57.5 Å². The molecule has 12 nitrogen and oxygen atoms in total. The molecule has 262 valence electrons. The molecule has 0 radical (unpaired) electrons. The standard InChI is InChI=1S/C38H32N6O6S2/c1-47-27-14-16-31-33(19-27)43-37(41-31)51-21-35(45)39-23-6-10-25(11-7-23)49-29-4-3-5-30(18-29)50-26-12-8-24(9-13-26)40-36(46)22-52-38-42-32-17-15-28(48-2)20-34(32)44-38/h3-20H,21-22H2,1-2H3,(H,39,45)(H,40,46)(H,41,43)(H,42,44). The second-order valence-electron chi connectivity index (χ2n) is 11.3. The van der Waals surface area contributed by atoms with Gasteiger partial charge in [-0.1, -0.05) is 29.6 Å². The van der Waals surface area contributed by atoms with Gasteiger partial charge in [-0.3, -0.25) is 9.59 Å². The maximum absolute atomic E-state index is 12.6.